The summed E-state index contributed by atoms with van der Waals surface area (Å²) < 4.78 is 390. The van der Waals surface area contributed by atoms with Gasteiger partial charge in [-0.2, -0.15) is 110 Å². The van der Waals surface area contributed by atoms with Crippen molar-refractivity contribution >= 4 is 0 Å². The molecule has 0 heterocycles. The van der Waals surface area contributed by atoms with Crippen LogP contribution in [0.25, 0.3) is 0 Å². The summed E-state index contributed by atoms with van der Waals surface area (Å²) in [5.41, 5.74) is -5.93. The van der Waals surface area contributed by atoms with Crippen molar-refractivity contribution in [2.75, 3.05) is 0 Å². The van der Waals surface area contributed by atoms with Crippen LogP contribution >= 0.6 is 0 Å². The standard InChI is InChI=1S/2C10H14F6.3C9H15F3.C8H16.C7H7F7.C7H11F3/c1-5-3-6(2)8(10(14,15)16)7(4-5)9(11,12)13;1-4-5(2)8(10(14,15)16)6(3)7(4)9(11,12)13;1-6-3-7(2)5-8(4-6)9(10,11)12;1-7-3-5-8(2,6-4-7)9(10,11)12;1-6-4-3-5-8(7(6)2)9(10,11)12;1-7-3-5-8(2)6-4-7;1-3-5(9,10)4(2,8)7(13,14)6(3,11)12;1-3-5(8)4(2)7(10)6(3)9/h5-8H,3-4H2,1-2H3;4-8H,1-3H3;6-8H,3-5H2,1-2H3;7H,3-6H2,1-2H3;6-8H,3-5H2,1-2H3;7-8H,3-6H2,1-2H3;3H,1-2H3;3-7H,1-2H3/t5-,6?,7?,8?;4-,5?,6?,7?,8?;6-,7?,8?;;6?,7-,8?;;3-,4?;3-,4?,5?,6?,7?/m010.1.00/s1. The normalized spacial score (nSPS) is 41.3. The van der Waals surface area contributed by atoms with Crippen molar-refractivity contribution in [2.24, 2.45) is 130 Å². The summed E-state index contributed by atoms with van der Waals surface area (Å²) in [5.74, 6) is -31.6. The molecule has 0 aromatic carbocycles. The highest BCUT2D eigenvalue weighted by Gasteiger charge is 2.88. The molecule has 0 spiro atoms. The number of hydrogen-bond acceptors (Lipinski definition) is 0. The molecule has 22 atom stereocenters. The molecule has 16 unspecified atom stereocenters. The van der Waals surface area contributed by atoms with Gasteiger partial charge in [-0.1, -0.05) is 149 Å². The summed E-state index contributed by atoms with van der Waals surface area (Å²) in [6.07, 6.45) is -23.8. The van der Waals surface area contributed by atoms with E-state index in [0.29, 0.717) is 38.0 Å². The Hall–Kier alpha value is -2.17. The molecule has 100 heavy (non-hydrogen) atoms. The van der Waals surface area contributed by atoms with Gasteiger partial charge < -0.3 is 0 Å². The monoisotopic (exact) mass is 1520 g/mol. The Balaban J connectivity index is 0.000000575. The van der Waals surface area contributed by atoms with Gasteiger partial charge in [0.2, 0.25) is 5.67 Å². The van der Waals surface area contributed by atoms with Crippen molar-refractivity contribution in [1.82, 2.24) is 0 Å². The van der Waals surface area contributed by atoms with Gasteiger partial charge in [-0.05, 0) is 142 Å². The van der Waals surface area contributed by atoms with Crippen molar-refractivity contribution in [1.29, 1.82) is 0 Å². The number of alkyl halides is 31. The Morgan fingerprint density at radius 3 is 0.890 bits per heavy atom. The van der Waals surface area contributed by atoms with E-state index in [-0.39, 0.29) is 49.9 Å². The van der Waals surface area contributed by atoms with Gasteiger partial charge >= 0.3 is 55.1 Å². The predicted molar refractivity (Wildman–Crippen MR) is 322 cm³/mol. The van der Waals surface area contributed by atoms with Crippen LogP contribution in [0.5, 0.6) is 0 Å². The fraction of sp³-hybridized carbons (Fsp3) is 1.00. The van der Waals surface area contributed by atoms with E-state index in [1.165, 1.54) is 67.2 Å². The van der Waals surface area contributed by atoms with Gasteiger partial charge in [0, 0.05) is 11.8 Å². The zero-order valence-corrected chi connectivity index (χ0v) is 59.9. The third-order valence-corrected chi connectivity index (χ3v) is 23.3. The molecule has 8 fully saturated rings. The topological polar surface area (TPSA) is 0 Å². The van der Waals surface area contributed by atoms with Crippen molar-refractivity contribution in [3.05, 3.63) is 0 Å². The molecular formula is C69H107F31. The lowest BCUT2D eigenvalue weighted by Gasteiger charge is -2.41. The summed E-state index contributed by atoms with van der Waals surface area (Å²) >= 11 is 0. The Kier molecular flexibility index (Phi) is 34.2. The summed E-state index contributed by atoms with van der Waals surface area (Å²) in [5, 5.41) is 0. The maximum absolute atomic E-state index is 12.9. The predicted octanol–water partition coefficient (Wildman–Crippen LogP) is 28.1. The molecule has 0 saturated heterocycles. The average Bonchev–Trinajstić information content (AvgIpc) is 1.53. The minimum atomic E-state index is -5.36. The molecular weight excluding hydrogens is 1420 g/mol. The highest BCUT2D eigenvalue weighted by Crippen LogP contribution is 2.65. The van der Waals surface area contributed by atoms with Gasteiger partial charge in [-0.25, -0.2) is 26.3 Å². The lowest BCUT2D eigenvalue weighted by atomic mass is 9.68. The zero-order chi connectivity index (χ0) is 79.2. The van der Waals surface area contributed by atoms with E-state index in [2.05, 4.69) is 13.8 Å². The van der Waals surface area contributed by atoms with Crippen LogP contribution in [0.2, 0.25) is 0 Å². The largest absolute Gasteiger partial charge is 0.394 e. The zero-order valence-electron chi connectivity index (χ0n) is 59.9. The molecule has 0 aromatic heterocycles. The third kappa shape index (κ3) is 25.0. The highest BCUT2D eigenvalue weighted by molar-refractivity contribution is 5.19. The summed E-state index contributed by atoms with van der Waals surface area (Å²) in [7, 11) is 0. The fourth-order valence-electron chi connectivity index (χ4n) is 16.0. The molecule has 0 aromatic rings. The lowest BCUT2D eigenvalue weighted by Crippen LogP contribution is -2.52. The van der Waals surface area contributed by atoms with E-state index < -0.39 is 174 Å². The van der Waals surface area contributed by atoms with E-state index in [9.17, 15) is 136 Å². The van der Waals surface area contributed by atoms with E-state index in [1.54, 1.807) is 13.8 Å². The lowest BCUT2D eigenvalue weighted by molar-refractivity contribution is -0.276. The smallest absolute Gasteiger partial charge is 0.247 e. The van der Waals surface area contributed by atoms with Crippen molar-refractivity contribution in [2.45, 2.75) is 306 Å². The molecule has 600 valence electrons. The van der Waals surface area contributed by atoms with Crippen LogP contribution in [0.15, 0.2) is 0 Å². The van der Waals surface area contributed by atoms with Gasteiger partial charge in [-0.3, -0.25) is 0 Å². The summed E-state index contributed by atoms with van der Waals surface area (Å²) in [6, 6.07) is 0. The minimum Gasteiger partial charge on any atom is -0.247 e. The molecule has 0 nitrogen and oxygen atoms in total. The first-order valence-corrected chi connectivity index (χ1v) is 34.6. The number of halogens is 31. The Labute approximate surface area is 570 Å². The first kappa shape index (κ1) is 95.8. The van der Waals surface area contributed by atoms with Gasteiger partial charge in [0.05, 0.1) is 46.8 Å². The van der Waals surface area contributed by atoms with Gasteiger partial charge in [0.1, 0.15) is 18.5 Å². The van der Waals surface area contributed by atoms with Gasteiger partial charge in [0.15, 0.2) is 0 Å². The third-order valence-electron chi connectivity index (χ3n) is 23.3. The number of hydrogen-bond donors (Lipinski definition) is 0. The highest BCUT2D eigenvalue weighted by atomic mass is 19.4. The van der Waals surface area contributed by atoms with Gasteiger partial charge in [0.25, 0.3) is 5.92 Å². The molecule has 0 aliphatic heterocycles. The quantitative estimate of drug-likeness (QED) is 0.212. The van der Waals surface area contributed by atoms with Crippen LogP contribution in [0, 0.1) is 130 Å². The molecule has 0 bridgehead atoms. The SMILES string of the molecule is CC1C(C(F)(F)F)C(C)[C@@H](C)C1C(F)(F)F.CC1C(F)C(F)[C@@H](C)C1F.CC1CC(C(F)(F)F)C[C@@H](C)C1.CC1CCC(C)(C(F)(F)F)CC1.CC1CCC(C)CC1.CC1CCCC(C(F)(F)F)[C@@H]1C.CC1C[C@H](C)CC(C(F)(F)F)C1C(F)(F)F.C[C@H]1C(F)(F)C(C)(F)C(F)(F)C1(F)F. The minimum absolute atomic E-state index is 0.196. The average molecular weight is 1530 g/mol. The second kappa shape index (κ2) is 35.7. The molecule has 8 saturated carbocycles. The maximum atomic E-state index is 12.9. The van der Waals surface area contributed by atoms with Crippen molar-refractivity contribution in [3.8, 4) is 0 Å². The Bertz CT molecular complexity index is 2210. The van der Waals surface area contributed by atoms with Crippen molar-refractivity contribution < 1.29 is 136 Å². The van der Waals surface area contributed by atoms with Crippen LogP contribution in [-0.4, -0.2) is 85.2 Å². The van der Waals surface area contributed by atoms with E-state index in [0.717, 1.165) is 50.9 Å². The molecule has 0 N–H and O–H groups in total. The first-order valence-electron chi connectivity index (χ1n) is 34.6. The van der Waals surface area contributed by atoms with Crippen LogP contribution in [0.1, 0.15) is 220 Å². The van der Waals surface area contributed by atoms with Crippen molar-refractivity contribution in [3.63, 3.8) is 0 Å². The van der Waals surface area contributed by atoms with Crippen LogP contribution in [0.3, 0.4) is 0 Å². The second-order valence-electron chi connectivity index (χ2n) is 31.8. The van der Waals surface area contributed by atoms with Gasteiger partial charge in [-0.15, -0.1) is 0 Å². The van der Waals surface area contributed by atoms with Crippen LogP contribution in [-0.2, 0) is 0 Å². The molecule has 31 heteroatoms. The summed E-state index contributed by atoms with van der Waals surface area (Å²) in [4.78, 5) is 0. The van der Waals surface area contributed by atoms with E-state index >= 15 is 0 Å². The molecule has 8 rings (SSSR count). The Morgan fingerprint density at radius 1 is 0.290 bits per heavy atom. The Morgan fingerprint density at radius 2 is 0.640 bits per heavy atom. The van der Waals surface area contributed by atoms with Crippen LogP contribution in [0.4, 0.5) is 136 Å². The molecule has 8 aliphatic rings. The molecule has 0 radical (unpaired) electrons. The van der Waals surface area contributed by atoms with E-state index in [4.69, 9.17) is 0 Å². The molecule has 8 aliphatic carbocycles. The number of rotatable bonds is 0. The summed E-state index contributed by atoms with van der Waals surface area (Å²) in [6.45, 7) is 24.8. The maximum Gasteiger partial charge on any atom is 0.394 e. The first-order chi connectivity index (χ1) is 44.4. The molecule has 0 amide bonds. The second-order valence-corrected chi connectivity index (χ2v) is 31.8. The van der Waals surface area contributed by atoms with E-state index in [1.807, 2.05) is 27.7 Å². The van der Waals surface area contributed by atoms with Crippen LogP contribution < -0.4 is 0 Å². The fourth-order valence-corrected chi connectivity index (χ4v) is 16.0.